The van der Waals surface area contributed by atoms with Gasteiger partial charge in [-0.2, -0.15) is 5.70 Å². The van der Waals surface area contributed by atoms with Gasteiger partial charge >= 0.3 is 32.7 Å². The number of rotatable bonds is 12. The maximum absolute atomic E-state index is 12.0. The molecule has 0 aromatic heterocycles. The van der Waals surface area contributed by atoms with Crippen LogP contribution in [0.3, 0.4) is 0 Å². The number of nitrogens with zero attached hydrogens (tertiary/aromatic N) is 3. The first-order valence-electron chi connectivity index (χ1n) is 18.2. The summed E-state index contributed by atoms with van der Waals surface area (Å²) < 4.78 is 0. The molecule has 0 saturated heterocycles. The zero-order valence-electron chi connectivity index (χ0n) is 33.8. The molecule has 4 aromatic carbocycles. The van der Waals surface area contributed by atoms with E-state index in [-0.39, 0.29) is 32.7 Å². The van der Waals surface area contributed by atoms with Gasteiger partial charge in [0.05, 0.1) is 6.54 Å². The van der Waals surface area contributed by atoms with Crippen molar-refractivity contribution in [2.24, 2.45) is 4.99 Å². The van der Waals surface area contributed by atoms with Crippen LogP contribution < -0.4 is 15.5 Å². The standard InChI is InChI=1S/C21H34N3.C12H18N.C12H10OP.Y/c1-15(2)19-10-9-11-20(16(3)4)21(19)23-18(6)14-17(5)22-12-13-24(7)8;1-8(2)10-6-5-7-11(9(3)4)12(10)13;13-14(11-7-3-1-4-8-11)12-9-5-2-6-10-12;/h9-11,14-16H,12-13H2,1-8H3;5-9,13H,1-4H3;1-10H;/q3*-1;+3/b18-14-,22-17?;;;. The van der Waals surface area contributed by atoms with Crippen LogP contribution in [0.4, 0.5) is 11.4 Å². The molecule has 0 fully saturated rings. The van der Waals surface area contributed by atoms with E-state index in [9.17, 15) is 4.89 Å². The minimum absolute atomic E-state index is 0. The van der Waals surface area contributed by atoms with E-state index < -0.39 is 8.15 Å². The van der Waals surface area contributed by atoms with Crippen LogP contribution in [0, 0.1) is 0 Å². The second-order valence-electron chi connectivity index (χ2n) is 14.4. The Balaban J connectivity index is 0.000000412. The minimum Gasteiger partial charge on any atom is -0.822 e. The second-order valence-corrected chi connectivity index (χ2v) is 16.0. The Labute approximate surface area is 343 Å². The van der Waals surface area contributed by atoms with Crippen LogP contribution in [-0.4, -0.2) is 37.8 Å². The summed E-state index contributed by atoms with van der Waals surface area (Å²) in [5.74, 6) is 1.83. The summed E-state index contributed by atoms with van der Waals surface area (Å²) in [6.07, 6.45) is 2.08. The van der Waals surface area contributed by atoms with E-state index in [1.807, 2.05) is 67.6 Å². The van der Waals surface area contributed by atoms with Gasteiger partial charge in [0.25, 0.3) is 0 Å². The van der Waals surface area contributed by atoms with E-state index >= 15 is 0 Å². The van der Waals surface area contributed by atoms with Gasteiger partial charge in [-0.25, -0.2) is 0 Å². The molecular weight excluding hydrogens is 732 g/mol. The van der Waals surface area contributed by atoms with Crippen molar-refractivity contribution in [1.82, 2.24) is 4.90 Å². The zero-order valence-corrected chi connectivity index (χ0v) is 37.5. The molecule has 0 bridgehead atoms. The van der Waals surface area contributed by atoms with E-state index in [1.165, 1.54) is 11.1 Å². The van der Waals surface area contributed by atoms with Crippen molar-refractivity contribution >= 4 is 35.8 Å². The molecule has 0 unspecified atom stereocenters. The molecule has 4 rings (SSSR count). The summed E-state index contributed by atoms with van der Waals surface area (Å²) in [6, 6.07) is 31.8. The summed E-state index contributed by atoms with van der Waals surface area (Å²) in [5.41, 5.74) is 16.9. The molecule has 1 N–H and O–H groups in total. The summed E-state index contributed by atoms with van der Waals surface area (Å²) >= 11 is 0. The number of allylic oxidation sites excluding steroid dienone is 2. The van der Waals surface area contributed by atoms with E-state index in [0.717, 1.165) is 57.6 Å². The molecule has 7 heteroatoms. The number of aliphatic imine (C=N–C) groups is 1. The zero-order chi connectivity index (χ0) is 38.1. The Kier molecular flexibility index (Phi) is 22.4. The molecule has 0 spiro atoms. The van der Waals surface area contributed by atoms with Gasteiger partial charge in [0.2, 0.25) is 0 Å². The van der Waals surface area contributed by atoms with Gasteiger partial charge in [-0.1, -0.05) is 188 Å². The van der Waals surface area contributed by atoms with Crippen LogP contribution in [0.25, 0.3) is 11.1 Å². The fourth-order valence-corrected chi connectivity index (χ4v) is 6.63. The fourth-order valence-electron chi connectivity index (χ4n) is 5.45. The Morgan fingerprint density at radius 1 is 0.673 bits per heavy atom. The smallest absolute Gasteiger partial charge is 0.822 e. The summed E-state index contributed by atoms with van der Waals surface area (Å²) in [7, 11) is 2.71. The molecule has 5 nitrogen and oxygen atoms in total. The van der Waals surface area contributed by atoms with Gasteiger partial charge in [0, 0.05) is 12.3 Å². The molecule has 0 aliphatic carbocycles. The quantitative estimate of drug-likeness (QED) is 0.106. The van der Waals surface area contributed by atoms with Crippen molar-refractivity contribution in [3.05, 3.63) is 142 Å². The molecule has 4 aromatic rings. The number of hydrogen-bond donors (Lipinski definition) is 0. The van der Waals surface area contributed by atoms with Crippen LogP contribution in [0.1, 0.15) is 115 Å². The van der Waals surface area contributed by atoms with E-state index in [0.29, 0.717) is 23.7 Å². The molecule has 52 heavy (non-hydrogen) atoms. The molecule has 0 saturated carbocycles. The molecular formula is C45H62N4OPY. The Hall–Kier alpha value is -2.66. The summed E-state index contributed by atoms with van der Waals surface area (Å²) in [6.45, 7) is 23.4. The van der Waals surface area contributed by atoms with Crippen LogP contribution >= 0.6 is 8.15 Å². The van der Waals surface area contributed by atoms with E-state index in [2.05, 4.69) is 129 Å². The SMILES string of the molecule is CC(/C=C(/C)[N-]c1c(C(C)C)cccc1C(C)C)=NCCN(C)C.CC(C)c1cccc(C(C)C)c1[NH-].[O-]P(c1ccccc1)c1ccccc1.[Y+3]. The van der Waals surface area contributed by atoms with Crippen molar-refractivity contribution in [2.75, 3.05) is 27.2 Å². The number of nitrogens with one attached hydrogen (secondary N) is 1. The Morgan fingerprint density at radius 2 is 1.06 bits per heavy atom. The van der Waals surface area contributed by atoms with E-state index in [4.69, 9.17) is 11.1 Å². The van der Waals surface area contributed by atoms with Gasteiger partial charge < -0.3 is 20.8 Å². The van der Waals surface area contributed by atoms with Crippen LogP contribution in [-0.2, 0) is 32.7 Å². The Morgan fingerprint density at radius 3 is 1.42 bits per heavy atom. The van der Waals surface area contributed by atoms with Crippen molar-refractivity contribution in [3.63, 3.8) is 0 Å². The molecule has 0 heterocycles. The van der Waals surface area contributed by atoms with Gasteiger partial charge in [-0.15, -0.1) is 19.5 Å². The second kappa shape index (κ2) is 24.6. The van der Waals surface area contributed by atoms with Gasteiger partial charge in [0.1, 0.15) is 0 Å². The third kappa shape index (κ3) is 16.2. The van der Waals surface area contributed by atoms with Crippen LogP contribution in [0.15, 0.2) is 114 Å². The molecule has 0 radical (unpaired) electrons. The van der Waals surface area contributed by atoms with E-state index in [1.54, 1.807) is 0 Å². The van der Waals surface area contributed by atoms with Crippen molar-refractivity contribution < 1.29 is 37.6 Å². The molecule has 0 atom stereocenters. The van der Waals surface area contributed by atoms with Crippen molar-refractivity contribution in [1.29, 1.82) is 0 Å². The van der Waals surface area contributed by atoms with Gasteiger partial charge in [-0.05, 0) is 55.3 Å². The third-order valence-corrected chi connectivity index (χ3v) is 9.85. The average molecular weight is 795 g/mol. The van der Waals surface area contributed by atoms with Crippen LogP contribution in [0.2, 0.25) is 0 Å². The third-order valence-electron chi connectivity index (χ3n) is 8.31. The number of para-hydroxylation sites is 1. The summed E-state index contributed by atoms with van der Waals surface area (Å²) in [5, 5.41) is 6.72. The molecule has 0 aliphatic rings. The number of hydrogen-bond acceptors (Lipinski definition) is 3. The largest absolute Gasteiger partial charge is 3.00 e. The predicted octanol–water partition coefficient (Wildman–Crippen LogP) is 11.9. The normalized spacial score (nSPS) is 11.8. The van der Waals surface area contributed by atoms with Crippen LogP contribution in [0.5, 0.6) is 0 Å². The minimum atomic E-state index is -1.42. The van der Waals surface area contributed by atoms with Gasteiger partial charge in [0.15, 0.2) is 0 Å². The predicted molar refractivity (Wildman–Crippen MR) is 226 cm³/mol. The Bertz CT molecular complexity index is 1560. The van der Waals surface area contributed by atoms with Crippen molar-refractivity contribution in [3.8, 4) is 0 Å². The fraction of sp³-hybridized carbons (Fsp3) is 0.400. The maximum atomic E-state index is 12.0. The first-order valence-corrected chi connectivity index (χ1v) is 19.5. The topological polar surface area (TPSA) is 76.6 Å². The number of benzene rings is 4. The molecule has 0 aliphatic heterocycles. The summed E-state index contributed by atoms with van der Waals surface area (Å²) in [4.78, 5) is 18.7. The van der Waals surface area contributed by atoms with Crippen molar-refractivity contribution in [2.45, 2.75) is 92.9 Å². The molecule has 276 valence electrons. The number of likely N-dealkylation sites (N-methyl/N-ethyl adjacent to an activating group) is 1. The first-order chi connectivity index (χ1) is 24.1. The molecule has 0 amide bonds. The first kappa shape index (κ1) is 47.4. The monoisotopic (exact) mass is 794 g/mol. The average Bonchev–Trinajstić information content (AvgIpc) is 3.08. The maximum Gasteiger partial charge on any atom is 3.00 e. The van der Waals surface area contributed by atoms with Gasteiger partial charge in [-0.3, -0.25) is 4.99 Å².